The third-order valence-electron chi connectivity index (χ3n) is 4.21. The molecule has 0 amide bonds. The Morgan fingerprint density at radius 1 is 0.750 bits per heavy atom. The number of nitrogens with one attached hydrogen (secondary N) is 1. The molecule has 2 fully saturated rings. The summed E-state index contributed by atoms with van der Waals surface area (Å²) in [5.41, 5.74) is 3.67. The molecule has 0 unspecified atom stereocenters. The fraction of sp³-hybridized carbons (Fsp3) is 0.875. The van der Waals surface area contributed by atoms with Gasteiger partial charge in [-0.3, -0.25) is 15.0 Å². The highest BCUT2D eigenvalue weighted by Crippen LogP contribution is 2.21. The molecule has 1 aliphatic carbocycles. The molecule has 0 aromatic heterocycles. The van der Waals surface area contributed by atoms with Crippen LogP contribution in [0, 0.1) is 0 Å². The van der Waals surface area contributed by atoms with Crippen LogP contribution >= 0.6 is 0 Å². The normalized spacial score (nSPS) is 23.2. The highest BCUT2D eigenvalue weighted by Gasteiger charge is 2.19. The number of nitrogens with zero attached hydrogens (tertiary/aromatic N) is 1. The maximum absolute atomic E-state index is 8.81. The van der Waals surface area contributed by atoms with Gasteiger partial charge in [0.15, 0.2) is 12.6 Å². The molecule has 1 saturated heterocycles. The fourth-order valence-electron chi connectivity index (χ4n) is 3.12. The number of hydrogen-bond acceptors (Lipinski definition) is 4. The monoisotopic (exact) mass is 282 g/mol. The number of carbonyl (C=O) groups is 2. The Morgan fingerprint density at radius 3 is 1.95 bits per heavy atom. The molecule has 0 spiro atoms. The molecule has 2 aliphatic rings. The molecule has 0 aromatic carbocycles. The summed E-state index contributed by atoms with van der Waals surface area (Å²) in [6.07, 6.45) is 16.1. The van der Waals surface area contributed by atoms with E-state index in [2.05, 4.69) is 10.4 Å². The van der Waals surface area contributed by atoms with Gasteiger partial charge in [0, 0.05) is 19.1 Å². The van der Waals surface area contributed by atoms with Crippen molar-refractivity contribution in [2.45, 2.75) is 76.7 Å². The van der Waals surface area contributed by atoms with Crippen molar-refractivity contribution in [1.82, 2.24) is 10.4 Å². The lowest BCUT2D eigenvalue weighted by Crippen LogP contribution is -2.47. The molecule has 0 aromatic rings. The molecule has 1 saturated carbocycles. The zero-order valence-corrected chi connectivity index (χ0v) is 12.7. The summed E-state index contributed by atoms with van der Waals surface area (Å²) in [5.74, 6) is 0. The van der Waals surface area contributed by atoms with Crippen LogP contribution in [0.5, 0.6) is 0 Å². The van der Waals surface area contributed by atoms with Crippen molar-refractivity contribution in [2.24, 2.45) is 0 Å². The zero-order valence-electron chi connectivity index (χ0n) is 12.7. The standard InChI is InChI=1S/C14H28N2.C2H2O2/c1-2-6-10-14(11-7-3-1)16-13-9-5-4-8-12-15-16;3-1-2-4/h14-15H,1-13H2;1-2H. The summed E-state index contributed by atoms with van der Waals surface area (Å²) in [6, 6.07) is 0.832. The van der Waals surface area contributed by atoms with Crippen molar-refractivity contribution in [3.63, 3.8) is 0 Å². The van der Waals surface area contributed by atoms with E-state index in [4.69, 9.17) is 9.59 Å². The van der Waals surface area contributed by atoms with Gasteiger partial charge in [-0.25, -0.2) is 5.01 Å². The Balaban J connectivity index is 0.000000444. The van der Waals surface area contributed by atoms with Crippen molar-refractivity contribution >= 4 is 12.6 Å². The van der Waals surface area contributed by atoms with Crippen LogP contribution in [0.25, 0.3) is 0 Å². The van der Waals surface area contributed by atoms with Gasteiger partial charge in [-0.15, -0.1) is 0 Å². The minimum absolute atomic E-state index is 0.194. The third kappa shape index (κ3) is 7.75. The lowest BCUT2D eigenvalue weighted by molar-refractivity contribution is -0.122. The van der Waals surface area contributed by atoms with Crippen LogP contribution in [0.3, 0.4) is 0 Å². The average Bonchev–Trinajstić information content (AvgIpc) is 2.40. The van der Waals surface area contributed by atoms with E-state index in [1.165, 1.54) is 83.7 Å². The first kappa shape index (κ1) is 17.3. The SMILES string of the molecule is C1CCCC(N2CCCCCCN2)CCC1.O=CC=O. The van der Waals surface area contributed by atoms with Gasteiger partial charge < -0.3 is 0 Å². The first-order valence-electron chi connectivity index (χ1n) is 8.27. The van der Waals surface area contributed by atoms with Gasteiger partial charge in [0.1, 0.15) is 0 Å². The van der Waals surface area contributed by atoms with Crippen molar-refractivity contribution in [3.8, 4) is 0 Å². The van der Waals surface area contributed by atoms with E-state index in [-0.39, 0.29) is 12.6 Å². The van der Waals surface area contributed by atoms with Crippen LogP contribution in [0.2, 0.25) is 0 Å². The van der Waals surface area contributed by atoms with Crippen molar-refractivity contribution in [3.05, 3.63) is 0 Å². The van der Waals surface area contributed by atoms with Crippen LogP contribution in [0.4, 0.5) is 0 Å². The van der Waals surface area contributed by atoms with E-state index >= 15 is 0 Å². The van der Waals surface area contributed by atoms with Gasteiger partial charge in [0.25, 0.3) is 0 Å². The molecule has 4 nitrogen and oxygen atoms in total. The second kappa shape index (κ2) is 12.0. The minimum atomic E-state index is 0.194. The lowest BCUT2D eigenvalue weighted by atomic mass is 9.96. The number of aldehydes is 2. The summed E-state index contributed by atoms with van der Waals surface area (Å²) in [5, 5.41) is 2.59. The Hall–Kier alpha value is -0.740. The van der Waals surface area contributed by atoms with Gasteiger partial charge in [-0.2, -0.15) is 0 Å². The summed E-state index contributed by atoms with van der Waals surface area (Å²) in [6.45, 7) is 2.49. The summed E-state index contributed by atoms with van der Waals surface area (Å²) in [7, 11) is 0. The maximum Gasteiger partial charge on any atom is 0.182 e. The number of hydrazine groups is 1. The molecule has 0 atom stereocenters. The minimum Gasteiger partial charge on any atom is -0.295 e. The van der Waals surface area contributed by atoms with E-state index < -0.39 is 0 Å². The highest BCUT2D eigenvalue weighted by atomic mass is 16.2. The molecular formula is C16H30N2O2. The van der Waals surface area contributed by atoms with Gasteiger partial charge in [-0.05, 0) is 25.7 Å². The predicted octanol–water partition coefficient (Wildman–Crippen LogP) is 2.86. The summed E-state index contributed by atoms with van der Waals surface area (Å²) in [4.78, 5) is 17.6. The van der Waals surface area contributed by atoms with Crippen LogP contribution < -0.4 is 5.43 Å². The van der Waals surface area contributed by atoms with Crippen LogP contribution in [0.1, 0.15) is 70.6 Å². The molecule has 116 valence electrons. The number of hydrogen-bond donors (Lipinski definition) is 1. The van der Waals surface area contributed by atoms with E-state index in [1.807, 2.05) is 0 Å². The quantitative estimate of drug-likeness (QED) is 0.625. The summed E-state index contributed by atoms with van der Waals surface area (Å²) >= 11 is 0. The predicted molar refractivity (Wildman–Crippen MR) is 81.4 cm³/mol. The second-order valence-electron chi connectivity index (χ2n) is 5.79. The van der Waals surface area contributed by atoms with Crippen LogP contribution in [-0.4, -0.2) is 36.7 Å². The van der Waals surface area contributed by atoms with E-state index in [9.17, 15) is 0 Å². The second-order valence-corrected chi connectivity index (χ2v) is 5.79. The molecular weight excluding hydrogens is 252 g/mol. The van der Waals surface area contributed by atoms with Gasteiger partial charge in [0.2, 0.25) is 0 Å². The Bertz CT molecular complexity index is 217. The molecule has 1 aliphatic heterocycles. The molecule has 2 rings (SSSR count). The third-order valence-corrected chi connectivity index (χ3v) is 4.21. The van der Waals surface area contributed by atoms with E-state index in [1.54, 1.807) is 0 Å². The Kier molecular flexibility index (Phi) is 10.4. The molecule has 0 bridgehead atoms. The Labute approximate surface area is 123 Å². The van der Waals surface area contributed by atoms with Gasteiger partial charge in [-0.1, -0.05) is 44.9 Å². The average molecular weight is 282 g/mol. The lowest BCUT2D eigenvalue weighted by Gasteiger charge is -2.34. The topological polar surface area (TPSA) is 49.4 Å². The smallest absolute Gasteiger partial charge is 0.182 e. The van der Waals surface area contributed by atoms with Crippen molar-refractivity contribution in [1.29, 1.82) is 0 Å². The van der Waals surface area contributed by atoms with E-state index in [0.29, 0.717) is 0 Å². The molecule has 0 radical (unpaired) electrons. The van der Waals surface area contributed by atoms with Crippen molar-refractivity contribution < 1.29 is 9.59 Å². The van der Waals surface area contributed by atoms with E-state index in [0.717, 1.165) is 6.04 Å². The van der Waals surface area contributed by atoms with Gasteiger partial charge in [0.05, 0.1) is 0 Å². The molecule has 20 heavy (non-hydrogen) atoms. The highest BCUT2D eigenvalue weighted by molar-refractivity contribution is 6.09. The molecule has 1 heterocycles. The zero-order chi connectivity index (χ0) is 14.5. The first-order valence-corrected chi connectivity index (χ1v) is 8.27. The number of carbonyl (C=O) groups excluding carboxylic acids is 2. The van der Waals surface area contributed by atoms with Gasteiger partial charge >= 0.3 is 0 Å². The maximum atomic E-state index is 8.81. The number of rotatable bonds is 2. The Morgan fingerprint density at radius 2 is 1.30 bits per heavy atom. The summed E-state index contributed by atoms with van der Waals surface area (Å²) < 4.78 is 0. The van der Waals surface area contributed by atoms with Crippen LogP contribution in [-0.2, 0) is 9.59 Å². The molecule has 1 N–H and O–H groups in total. The molecule has 4 heteroatoms. The fourth-order valence-corrected chi connectivity index (χ4v) is 3.12. The largest absolute Gasteiger partial charge is 0.295 e. The van der Waals surface area contributed by atoms with Crippen molar-refractivity contribution in [2.75, 3.05) is 13.1 Å². The first-order chi connectivity index (χ1) is 9.88. The van der Waals surface area contributed by atoms with Crippen LogP contribution in [0.15, 0.2) is 0 Å².